The van der Waals surface area contributed by atoms with Crippen LogP contribution in [0.4, 0.5) is 5.69 Å². The Labute approximate surface area is 140 Å². The molecule has 0 aromatic heterocycles. The number of halogens is 2. The average molecular weight is 416 g/mol. The minimum Gasteiger partial charge on any atom is -0.329 e. The quantitative estimate of drug-likeness (QED) is 0.743. The molecule has 6 heteroatoms. The number of carbonyl (C=O) groups excluding carboxylic acids is 2. The first kappa shape index (κ1) is 15.0. The van der Waals surface area contributed by atoms with Crippen molar-refractivity contribution in [2.45, 2.75) is 38.3 Å². The van der Waals surface area contributed by atoms with Crippen molar-refractivity contribution >= 4 is 49.4 Å². The number of benzene rings is 1. The minimum absolute atomic E-state index is 0.0435. The van der Waals surface area contributed by atoms with Gasteiger partial charge in [-0.25, -0.2) is 0 Å². The fourth-order valence-electron chi connectivity index (χ4n) is 3.22. The summed E-state index contributed by atoms with van der Waals surface area (Å²) in [7, 11) is 0. The van der Waals surface area contributed by atoms with E-state index in [9.17, 15) is 9.59 Å². The molecule has 2 saturated heterocycles. The van der Waals surface area contributed by atoms with Crippen LogP contribution in [0, 0.1) is 0 Å². The Bertz CT molecular complexity index is 605. The second kappa shape index (κ2) is 5.72. The van der Waals surface area contributed by atoms with Crippen LogP contribution in [-0.2, 0) is 9.59 Å². The lowest BCUT2D eigenvalue weighted by atomic mass is 10.0. The zero-order valence-electron chi connectivity index (χ0n) is 11.7. The van der Waals surface area contributed by atoms with Gasteiger partial charge >= 0.3 is 0 Å². The van der Waals surface area contributed by atoms with Crippen molar-refractivity contribution in [1.29, 1.82) is 0 Å². The first-order chi connectivity index (χ1) is 10.0. The Balaban J connectivity index is 2.05. The molecule has 4 nitrogen and oxygen atoms in total. The molecule has 2 unspecified atom stereocenters. The number of rotatable bonds is 2. The zero-order valence-corrected chi connectivity index (χ0v) is 14.9. The van der Waals surface area contributed by atoms with Gasteiger partial charge in [0.1, 0.15) is 12.1 Å². The van der Waals surface area contributed by atoms with E-state index in [4.69, 9.17) is 0 Å². The van der Waals surface area contributed by atoms with Gasteiger partial charge in [-0.15, -0.1) is 0 Å². The monoisotopic (exact) mass is 414 g/mol. The number of carbonyl (C=O) groups is 2. The second-order valence-electron chi connectivity index (χ2n) is 5.42. The minimum atomic E-state index is -0.399. The molecule has 0 spiro atoms. The first-order valence-electron chi connectivity index (χ1n) is 7.13. The molecule has 0 saturated carbocycles. The SMILES string of the molecule is CCC1C(=O)N2CCCC2C(=O)N1c1ccc(Br)cc1Br. The van der Waals surface area contributed by atoms with Gasteiger partial charge in [0.15, 0.2) is 0 Å². The zero-order chi connectivity index (χ0) is 15.1. The van der Waals surface area contributed by atoms with Crippen LogP contribution >= 0.6 is 31.9 Å². The van der Waals surface area contributed by atoms with Crippen molar-refractivity contribution in [3.8, 4) is 0 Å². The van der Waals surface area contributed by atoms with Gasteiger partial charge < -0.3 is 4.90 Å². The molecule has 2 aliphatic rings. The maximum absolute atomic E-state index is 12.9. The summed E-state index contributed by atoms with van der Waals surface area (Å²) < 4.78 is 1.76. The Morgan fingerprint density at radius 3 is 2.67 bits per heavy atom. The van der Waals surface area contributed by atoms with Crippen molar-refractivity contribution in [2.24, 2.45) is 0 Å². The molecule has 0 bridgehead atoms. The number of hydrogen-bond donors (Lipinski definition) is 0. The van der Waals surface area contributed by atoms with Crippen LogP contribution in [0.15, 0.2) is 27.1 Å². The summed E-state index contributed by atoms with van der Waals surface area (Å²) in [6.45, 7) is 2.66. The maximum atomic E-state index is 12.9. The Kier molecular flexibility index (Phi) is 4.10. The van der Waals surface area contributed by atoms with Gasteiger partial charge in [-0.3, -0.25) is 14.5 Å². The summed E-state index contributed by atoms with van der Waals surface area (Å²) in [5, 5.41) is 0. The normalized spacial score (nSPS) is 25.5. The molecule has 2 amide bonds. The van der Waals surface area contributed by atoms with E-state index in [0.29, 0.717) is 13.0 Å². The molecule has 1 aromatic rings. The summed E-state index contributed by atoms with van der Waals surface area (Å²) in [6.07, 6.45) is 2.30. The third kappa shape index (κ3) is 2.42. The summed E-state index contributed by atoms with van der Waals surface area (Å²) in [4.78, 5) is 29.0. The van der Waals surface area contributed by atoms with Crippen LogP contribution < -0.4 is 4.90 Å². The lowest BCUT2D eigenvalue weighted by Gasteiger charge is -2.42. The van der Waals surface area contributed by atoms with Crippen LogP contribution in [0.5, 0.6) is 0 Å². The Hall–Kier alpha value is -0.880. The average Bonchev–Trinajstić information content (AvgIpc) is 2.93. The lowest BCUT2D eigenvalue weighted by Crippen LogP contribution is -2.63. The van der Waals surface area contributed by atoms with Crippen molar-refractivity contribution in [1.82, 2.24) is 4.90 Å². The molecule has 112 valence electrons. The predicted molar refractivity (Wildman–Crippen MR) is 88.1 cm³/mol. The van der Waals surface area contributed by atoms with Crippen LogP contribution in [0.3, 0.4) is 0 Å². The molecule has 2 aliphatic heterocycles. The number of anilines is 1. The molecule has 1 aromatic carbocycles. The highest BCUT2D eigenvalue weighted by molar-refractivity contribution is 9.11. The number of amides is 2. The fourth-order valence-corrected chi connectivity index (χ4v) is 4.46. The van der Waals surface area contributed by atoms with Gasteiger partial charge in [-0.2, -0.15) is 0 Å². The lowest BCUT2D eigenvalue weighted by molar-refractivity contribution is -0.144. The Morgan fingerprint density at radius 2 is 2.00 bits per heavy atom. The number of fused-ring (bicyclic) bond motifs is 1. The van der Waals surface area contributed by atoms with Gasteiger partial charge in [0.2, 0.25) is 5.91 Å². The van der Waals surface area contributed by atoms with E-state index in [0.717, 1.165) is 27.5 Å². The van der Waals surface area contributed by atoms with E-state index in [2.05, 4.69) is 31.9 Å². The van der Waals surface area contributed by atoms with E-state index in [1.54, 1.807) is 9.80 Å². The number of nitrogens with zero attached hydrogens (tertiary/aromatic N) is 2. The number of hydrogen-bond acceptors (Lipinski definition) is 2. The van der Waals surface area contributed by atoms with Crippen molar-refractivity contribution in [2.75, 3.05) is 11.4 Å². The van der Waals surface area contributed by atoms with Crippen molar-refractivity contribution in [3.63, 3.8) is 0 Å². The molecular formula is C15H16Br2N2O2. The van der Waals surface area contributed by atoms with Crippen LogP contribution in [0.1, 0.15) is 26.2 Å². The summed E-state index contributed by atoms with van der Waals surface area (Å²) >= 11 is 6.93. The first-order valence-corrected chi connectivity index (χ1v) is 8.71. The highest BCUT2D eigenvalue weighted by Crippen LogP contribution is 2.36. The van der Waals surface area contributed by atoms with Gasteiger partial charge in [-0.1, -0.05) is 22.9 Å². The standard InChI is InChI=1S/C15H16Br2N2O2/c1-2-11-14(20)18-7-3-4-13(18)15(21)19(11)12-6-5-9(16)8-10(12)17/h5-6,8,11,13H,2-4,7H2,1H3. The molecule has 2 heterocycles. The van der Waals surface area contributed by atoms with E-state index >= 15 is 0 Å². The van der Waals surface area contributed by atoms with E-state index < -0.39 is 6.04 Å². The van der Waals surface area contributed by atoms with Crippen molar-refractivity contribution < 1.29 is 9.59 Å². The van der Waals surface area contributed by atoms with Crippen LogP contribution in [-0.4, -0.2) is 35.3 Å². The van der Waals surface area contributed by atoms with Gasteiger partial charge in [-0.05, 0) is 53.4 Å². The molecule has 2 fully saturated rings. The van der Waals surface area contributed by atoms with Gasteiger partial charge in [0.05, 0.1) is 5.69 Å². The van der Waals surface area contributed by atoms with Crippen LogP contribution in [0.2, 0.25) is 0 Å². The van der Waals surface area contributed by atoms with E-state index in [-0.39, 0.29) is 17.9 Å². The van der Waals surface area contributed by atoms with E-state index in [1.807, 2.05) is 25.1 Å². The van der Waals surface area contributed by atoms with Gasteiger partial charge in [0.25, 0.3) is 5.91 Å². The molecule has 0 aliphatic carbocycles. The molecule has 21 heavy (non-hydrogen) atoms. The Morgan fingerprint density at radius 1 is 1.24 bits per heavy atom. The van der Waals surface area contributed by atoms with E-state index in [1.165, 1.54) is 0 Å². The smallest absolute Gasteiger partial charge is 0.250 e. The summed E-state index contributed by atoms with van der Waals surface area (Å²) in [5.41, 5.74) is 0.773. The molecule has 2 atom stereocenters. The molecule has 0 radical (unpaired) electrons. The van der Waals surface area contributed by atoms with Crippen LogP contribution in [0.25, 0.3) is 0 Å². The third-order valence-corrected chi connectivity index (χ3v) is 5.34. The number of piperazine rings is 1. The summed E-state index contributed by atoms with van der Waals surface area (Å²) in [5.74, 6) is 0.122. The van der Waals surface area contributed by atoms with Gasteiger partial charge in [0, 0.05) is 15.5 Å². The third-order valence-electron chi connectivity index (χ3n) is 4.21. The molecule has 3 rings (SSSR count). The highest BCUT2D eigenvalue weighted by Gasteiger charge is 2.47. The predicted octanol–water partition coefficient (Wildman–Crippen LogP) is 3.33. The molecular weight excluding hydrogens is 400 g/mol. The fraction of sp³-hybridized carbons (Fsp3) is 0.467. The topological polar surface area (TPSA) is 40.6 Å². The second-order valence-corrected chi connectivity index (χ2v) is 7.19. The highest BCUT2D eigenvalue weighted by atomic mass is 79.9. The molecule has 0 N–H and O–H groups in total. The van der Waals surface area contributed by atoms with Crippen molar-refractivity contribution in [3.05, 3.63) is 27.1 Å². The summed E-state index contributed by atoms with van der Waals surface area (Å²) in [6, 6.07) is 5.00. The maximum Gasteiger partial charge on any atom is 0.250 e. The largest absolute Gasteiger partial charge is 0.329 e.